The SMILES string of the molecule is CCCOc1ccc(CC2CCCC(N(COC)C(=O)OC(C)(C)C)C(=O)OC(C)C2OCCC(C)=O)cc1. The Kier molecular flexibility index (Phi) is 13.2. The van der Waals surface area contributed by atoms with Gasteiger partial charge in [-0.1, -0.05) is 25.5 Å². The van der Waals surface area contributed by atoms with Gasteiger partial charge in [0.2, 0.25) is 0 Å². The van der Waals surface area contributed by atoms with Gasteiger partial charge < -0.3 is 23.7 Å². The van der Waals surface area contributed by atoms with Crippen molar-refractivity contribution in [2.75, 3.05) is 27.1 Å². The minimum absolute atomic E-state index is 0.0262. The van der Waals surface area contributed by atoms with Crippen molar-refractivity contribution in [3.63, 3.8) is 0 Å². The number of hydrogen-bond acceptors (Lipinski definition) is 8. The van der Waals surface area contributed by atoms with Crippen molar-refractivity contribution in [2.24, 2.45) is 5.92 Å². The highest BCUT2D eigenvalue weighted by Crippen LogP contribution is 2.30. The predicted octanol–water partition coefficient (Wildman–Crippen LogP) is 5.32. The third kappa shape index (κ3) is 11.2. The number of carbonyl (C=O) groups is 3. The van der Waals surface area contributed by atoms with Crippen molar-refractivity contribution in [3.05, 3.63) is 29.8 Å². The summed E-state index contributed by atoms with van der Waals surface area (Å²) < 4.78 is 28.6. The molecule has 4 unspecified atom stereocenters. The molecule has 0 N–H and O–H groups in total. The monoisotopic (exact) mass is 549 g/mol. The van der Waals surface area contributed by atoms with E-state index in [1.165, 1.54) is 18.9 Å². The third-order valence-electron chi connectivity index (χ3n) is 6.48. The van der Waals surface area contributed by atoms with Crippen LogP contribution in [0.2, 0.25) is 0 Å². The van der Waals surface area contributed by atoms with Gasteiger partial charge in [0.15, 0.2) is 0 Å². The van der Waals surface area contributed by atoms with E-state index in [-0.39, 0.29) is 31.5 Å². The molecule has 1 aliphatic rings. The summed E-state index contributed by atoms with van der Waals surface area (Å²) in [5.41, 5.74) is 0.393. The summed E-state index contributed by atoms with van der Waals surface area (Å²) in [4.78, 5) is 39.2. The highest BCUT2D eigenvalue weighted by molar-refractivity contribution is 5.81. The van der Waals surface area contributed by atoms with E-state index in [0.717, 1.165) is 24.2 Å². The van der Waals surface area contributed by atoms with Crippen LogP contribution in [0, 0.1) is 5.92 Å². The zero-order valence-electron chi connectivity index (χ0n) is 24.7. The van der Waals surface area contributed by atoms with Crippen molar-refractivity contribution in [1.29, 1.82) is 0 Å². The van der Waals surface area contributed by atoms with Gasteiger partial charge in [-0.25, -0.2) is 9.59 Å². The van der Waals surface area contributed by atoms with E-state index in [4.69, 9.17) is 23.7 Å². The topological polar surface area (TPSA) is 101 Å². The first-order valence-electron chi connectivity index (χ1n) is 14.0. The number of benzene rings is 1. The maximum Gasteiger partial charge on any atom is 0.412 e. The van der Waals surface area contributed by atoms with E-state index < -0.39 is 35.9 Å². The standard InChI is InChI=1S/C30H47NO8/c1-8-17-36-25-14-12-23(13-15-25)19-24-10-9-11-26(31(20-35-7)29(34)39-30(4,5)6)28(33)38-22(3)27(24)37-18-16-21(2)32/h12-15,22,24,26-27H,8-11,16-20H2,1-7H3. The van der Waals surface area contributed by atoms with Crippen LogP contribution in [0.25, 0.3) is 0 Å². The Labute approximate surface area is 233 Å². The first-order chi connectivity index (χ1) is 18.4. The maximum absolute atomic E-state index is 13.4. The molecular formula is C30H47NO8. The van der Waals surface area contributed by atoms with Crippen LogP contribution in [0.5, 0.6) is 5.75 Å². The van der Waals surface area contributed by atoms with E-state index in [9.17, 15) is 14.4 Å². The van der Waals surface area contributed by atoms with Crippen LogP contribution in [0.15, 0.2) is 24.3 Å². The molecule has 0 saturated carbocycles. The zero-order chi connectivity index (χ0) is 29.0. The lowest BCUT2D eigenvalue weighted by Crippen LogP contribution is -2.49. The quantitative estimate of drug-likeness (QED) is 0.255. The number of carbonyl (C=O) groups excluding carboxylic acids is 3. The van der Waals surface area contributed by atoms with Crippen LogP contribution in [0.1, 0.15) is 79.2 Å². The van der Waals surface area contributed by atoms with Crippen LogP contribution in [-0.4, -0.2) is 73.7 Å². The van der Waals surface area contributed by atoms with Crippen molar-refractivity contribution in [1.82, 2.24) is 4.90 Å². The van der Waals surface area contributed by atoms with Crippen molar-refractivity contribution >= 4 is 17.8 Å². The molecule has 1 aromatic rings. The second kappa shape index (κ2) is 15.8. The second-order valence-corrected chi connectivity index (χ2v) is 11.2. The van der Waals surface area contributed by atoms with E-state index in [2.05, 4.69) is 6.92 Å². The average Bonchev–Trinajstić information content (AvgIpc) is 2.90. The minimum atomic E-state index is -0.853. The van der Waals surface area contributed by atoms with Gasteiger partial charge in [-0.2, -0.15) is 0 Å². The van der Waals surface area contributed by atoms with Crippen LogP contribution >= 0.6 is 0 Å². The number of ether oxygens (including phenoxy) is 5. The molecule has 0 spiro atoms. The number of methoxy groups -OCH3 is 1. The van der Waals surface area contributed by atoms with Crippen molar-refractivity contribution in [2.45, 2.75) is 104 Å². The minimum Gasteiger partial charge on any atom is -0.494 e. The molecular weight excluding hydrogens is 502 g/mol. The number of nitrogens with zero attached hydrogens (tertiary/aromatic N) is 1. The molecule has 0 aromatic heterocycles. The predicted molar refractivity (Wildman–Crippen MR) is 148 cm³/mol. The van der Waals surface area contributed by atoms with Gasteiger partial charge in [-0.05, 0) is 83.9 Å². The number of ketones is 1. The molecule has 220 valence electrons. The third-order valence-corrected chi connectivity index (χ3v) is 6.48. The van der Waals surface area contributed by atoms with Crippen LogP contribution in [0.3, 0.4) is 0 Å². The first kappa shape index (κ1) is 32.6. The largest absolute Gasteiger partial charge is 0.494 e. The fourth-order valence-electron chi connectivity index (χ4n) is 4.65. The summed E-state index contributed by atoms with van der Waals surface area (Å²) in [6.45, 7) is 11.5. The van der Waals surface area contributed by atoms with E-state index in [1.54, 1.807) is 20.8 Å². The zero-order valence-corrected chi connectivity index (χ0v) is 24.7. The second-order valence-electron chi connectivity index (χ2n) is 11.2. The Morgan fingerprint density at radius 3 is 2.38 bits per heavy atom. The molecule has 0 bridgehead atoms. The van der Waals surface area contributed by atoms with Crippen LogP contribution in [0.4, 0.5) is 4.79 Å². The molecule has 0 radical (unpaired) electrons. The highest BCUT2D eigenvalue weighted by atomic mass is 16.6. The molecule has 1 fully saturated rings. The molecule has 1 amide bonds. The molecule has 9 nitrogen and oxygen atoms in total. The Morgan fingerprint density at radius 1 is 1.10 bits per heavy atom. The van der Waals surface area contributed by atoms with Gasteiger partial charge in [-0.15, -0.1) is 0 Å². The Balaban J connectivity index is 2.28. The Bertz CT molecular complexity index is 911. The highest BCUT2D eigenvalue weighted by Gasteiger charge is 2.39. The van der Waals surface area contributed by atoms with E-state index >= 15 is 0 Å². The molecule has 4 atom stereocenters. The number of cyclic esters (lactones) is 1. The summed E-state index contributed by atoms with van der Waals surface area (Å²) in [7, 11) is 1.47. The summed E-state index contributed by atoms with van der Waals surface area (Å²) in [6, 6.07) is 7.18. The van der Waals surface area contributed by atoms with Crippen molar-refractivity contribution in [3.8, 4) is 5.75 Å². The molecule has 39 heavy (non-hydrogen) atoms. The molecule has 1 aromatic carbocycles. The Hall–Kier alpha value is -2.65. The average molecular weight is 550 g/mol. The number of amides is 1. The summed E-state index contributed by atoms with van der Waals surface area (Å²) in [6.07, 6.45) is 2.09. The molecule has 0 aliphatic carbocycles. The van der Waals surface area contributed by atoms with E-state index in [1.807, 2.05) is 31.2 Å². The fraction of sp³-hybridized carbons (Fsp3) is 0.700. The first-order valence-corrected chi connectivity index (χ1v) is 14.0. The molecule has 1 heterocycles. The van der Waals surface area contributed by atoms with Gasteiger partial charge in [0.25, 0.3) is 0 Å². The molecule has 2 rings (SSSR count). The normalized spacial score (nSPS) is 22.2. The van der Waals surface area contributed by atoms with Gasteiger partial charge in [0.1, 0.15) is 36.0 Å². The number of Topliss-reactive ketones (excluding diaryl/α,β-unsaturated/α-hetero) is 1. The smallest absolute Gasteiger partial charge is 0.412 e. The molecule has 9 heteroatoms. The fourth-order valence-corrected chi connectivity index (χ4v) is 4.65. The summed E-state index contributed by atoms with van der Waals surface area (Å²) in [5.74, 6) is 0.367. The van der Waals surface area contributed by atoms with Gasteiger partial charge in [0, 0.05) is 13.5 Å². The lowest BCUT2D eigenvalue weighted by Gasteiger charge is -2.33. The maximum atomic E-state index is 13.4. The van der Waals surface area contributed by atoms with Crippen molar-refractivity contribution < 1.29 is 38.1 Å². The number of hydrogen-bond donors (Lipinski definition) is 0. The van der Waals surface area contributed by atoms with Crippen LogP contribution in [-0.2, 0) is 35.0 Å². The summed E-state index contributed by atoms with van der Waals surface area (Å²) >= 11 is 0. The molecule has 1 aliphatic heterocycles. The lowest BCUT2D eigenvalue weighted by molar-refractivity contribution is -0.166. The number of rotatable bonds is 12. The Morgan fingerprint density at radius 2 is 1.79 bits per heavy atom. The molecule has 1 saturated heterocycles. The number of esters is 1. The van der Waals surface area contributed by atoms with Gasteiger partial charge >= 0.3 is 12.1 Å². The summed E-state index contributed by atoms with van der Waals surface area (Å²) in [5, 5.41) is 0. The van der Waals surface area contributed by atoms with Crippen LogP contribution < -0.4 is 4.74 Å². The van der Waals surface area contributed by atoms with E-state index in [0.29, 0.717) is 25.9 Å². The van der Waals surface area contributed by atoms with Gasteiger partial charge in [0.05, 0.1) is 19.3 Å². The lowest BCUT2D eigenvalue weighted by atomic mass is 9.86. The van der Waals surface area contributed by atoms with Gasteiger partial charge in [-0.3, -0.25) is 9.69 Å².